The van der Waals surface area contributed by atoms with E-state index in [2.05, 4.69) is 10.3 Å². The lowest BCUT2D eigenvalue weighted by Crippen LogP contribution is -2.46. The standard InChI is InChI=1S/C19H25F3N4O/c1-3-26-16-10-5-4-9-15(16)24-17(26)12-25(2)18(27)23-14-8-6-7-13(11-14)19(20,21)22/h4-5,9-10,13-14H,3,6-8,11-12H2,1-2H3,(H,23,27). The molecule has 0 saturated heterocycles. The number of nitrogens with zero attached hydrogens (tertiary/aromatic N) is 3. The number of imidazole rings is 1. The molecule has 0 spiro atoms. The summed E-state index contributed by atoms with van der Waals surface area (Å²) in [4.78, 5) is 18.5. The minimum absolute atomic E-state index is 0.0451. The third-order valence-corrected chi connectivity index (χ3v) is 5.24. The number of carbonyl (C=O) groups is 1. The zero-order valence-electron chi connectivity index (χ0n) is 15.6. The summed E-state index contributed by atoms with van der Waals surface area (Å²) in [6.07, 6.45) is -3.03. The number of aryl methyl sites for hydroxylation is 1. The van der Waals surface area contributed by atoms with Crippen LogP contribution in [-0.2, 0) is 13.1 Å². The van der Waals surface area contributed by atoms with Gasteiger partial charge in [-0.2, -0.15) is 13.2 Å². The van der Waals surface area contributed by atoms with Crippen LogP contribution in [0.15, 0.2) is 24.3 Å². The van der Waals surface area contributed by atoms with Crippen molar-refractivity contribution in [3.05, 3.63) is 30.1 Å². The summed E-state index contributed by atoms with van der Waals surface area (Å²) in [7, 11) is 1.64. The molecule has 27 heavy (non-hydrogen) atoms. The van der Waals surface area contributed by atoms with E-state index in [0.717, 1.165) is 23.4 Å². The van der Waals surface area contributed by atoms with Gasteiger partial charge in [0.15, 0.2) is 0 Å². The van der Waals surface area contributed by atoms with Crippen LogP contribution in [0.1, 0.15) is 38.4 Å². The molecule has 1 N–H and O–H groups in total. The Morgan fingerprint density at radius 3 is 2.78 bits per heavy atom. The Morgan fingerprint density at radius 2 is 2.07 bits per heavy atom. The van der Waals surface area contributed by atoms with Crippen molar-refractivity contribution < 1.29 is 18.0 Å². The minimum atomic E-state index is -4.19. The van der Waals surface area contributed by atoms with Crippen LogP contribution < -0.4 is 5.32 Å². The van der Waals surface area contributed by atoms with E-state index in [9.17, 15) is 18.0 Å². The molecule has 1 fully saturated rings. The van der Waals surface area contributed by atoms with Crippen LogP contribution in [0, 0.1) is 5.92 Å². The van der Waals surface area contributed by atoms with Crippen LogP contribution in [0.3, 0.4) is 0 Å². The molecule has 1 aromatic carbocycles. The number of hydrogen-bond donors (Lipinski definition) is 1. The van der Waals surface area contributed by atoms with E-state index in [-0.39, 0.29) is 18.9 Å². The molecule has 2 aromatic rings. The Bertz CT molecular complexity index is 802. The van der Waals surface area contributed by atoms with Crippen molar-refractivity contribution in [3.63, 3.8) is 0 Å². The van der Waals surface area contributed by atoms with Gasteiger partial charge in [0.1, 0.15) is 5.82 Å². The van der Waals surface area contributed by atoms with Gasteiger partial charge in [0, 0.05) is 19.6 Å². The molecule has 2 atom stereocenters. The molecule has 2 amide bonds. The molecule has 0 radical (unpaired) electrons. The highest BCUT2D eigenvalue weighted by atomic mass is 19.4. The molecule has 1 aliphatic carbocycles. The maximum absolute atomic E-state index is 12.9. The van der Waals surface area contributed by atoms with Gasteiger partial charge < -0.3 is 14.8 Å². The van der Waals surface area contributed by atoms with Crippen molar-refractivity contribution in [2.75, 3.05) is 7.05 Å². The first-order chi connectivity index (χ1) is 12.8. The van der Waals surface area contributed by atoms with E-state index >= 15 is 0 Å². The highest BCUT2D eigenvalue weighted by molar-refractivity contribution is 5.77. The van der Waals surface area contributed by atoms with Gasteiger partial charge in [0.2, 0.25) is 0 Å². The normalized spacial score (nSPS) is 20.6. The van der Waals surface area contributed by atoms with Gasteiger partial charge in [0.05, 0.1) is 23.5 Å². The molecule has 2 unspecified atom stereocenters. The summed E-state index contributed by atoms with van der Waals surface area (Å²) in [6, 6.07) is 6.95. The second kappa shape index (κ2) is 7.78. The number of rotatable bonds is 4. The van der Waals surface area contributed by atoms with E-state index in [1.807, 2.05) is 35.8 Å². The van der Waals surface area contributed by atoms with E-state index in [1.54, 1.807) is 7.05 Å². The van der Waals surface area contributed by atoms with Gasteiger partial charge in [0.25, 0.3) is 0 Å². The SMILES string of the molecule is CCn1c(CN(C)C(=O)NC2CCCC(C(F)(F)F)C2)nc2ccccc21. The van der Waals surface area contributed by atoms with Crippen molar-refractivity contribution in [1.29, 1.82) is 0 Å². The van der Waals surface area contributed by atoms with Crippen molar-refractivity contribution in [2.45, 2.75) is 57.9 Å². The molecule has 1 aromatic heterocycles. The number of halogens is 3. The van der Waals surface area contributed by atoms with Gasteiger partial charge >= 0.3 is 12.2 Å². The third kappa shape index (κ3) is 4.36. The third-order valence-electron chi connectivity index (χ3n) is 5.24. The molecular weight excluding hydrogens is 357 g/mol. The van der Waals surface area contributed by atoms with E-state index in [4.69, 9.17) is 0 Å². The number of urea groups is 1. The smallest absolute Gasteiger partial charge is 0.335 e. The number of hydrogen-bond acceptors (Lipinski definition) is 2. The highest BCUT2D eigenvalue weighted by Gasteiger charge is 2.42. The summed E-state index contributed by atoms with van der Waals surface area (Å²) < 4.78 is 40.9. The van der Waals surface area contributed by atoms with Gasteiger partial charge in [-0.25, -0.2) is 9.78 Å². The Balaban J connectivity index is 1.64. The lowest BCUT2D eigenvalue weighted by atomic mass is 9.85. The Morgan fingerprint density at radius 1 is 1.33 bits per heavy atom. The molecule has 1 saturated carbocycles. The molecule has 148 valence electrons. The minimum Gasteiger partial charge on any atom is -0.335 e. The van der Waals surface area contributed by atoms with Crippen LogP contribution in [0.25, 0.3) is 11.0 Å². The first-order valence-electron chi connectivity index (χ1n) is 9.32. The Labute approximate surface area is 156 Å². The lowest BCUT2D eigenvalue weighted by Gasteiger charge is -2.32. The predicted octanol–water partition coefficient (Wildman–Crippen LogP) is 4.32. The van der Waals surface area contributed by atoms with Crippen molar-refractivity contribution in [1.82, 2.24) is 19.8 Å². The topological polar surface area (TPSA) is 50.2 Å². The fourth-order valence-electron chi connectivity index (χ4n) is 3.79. The Hall–Kier alpha value is -2.25. The highest BCUT2D eigenvalue weighted by Crippen LogP contribution is 2.37. The molecule has 5 nitrogen and oxygen atoms in total. The first-order valence-corrected chi connectivity index (χ1v) is 9.32. The van der Waals surface area contributed by atoms with Crippen LogP contribution in [0.2, 0.25) is 0 Å². The first kappa shape index (κ1) is 19.5. The summed E-state index contributed by atoms with van der Waals surface area (Å²) in [5, 5.41) is 2.76. The summed E-state index contributed by atoms with van der Waals surface area (Å²) in [5.41, 5.74) is 1.87. The second-order valence-electron chi connectivity index (χ2n) is 7.17. The van der Waals surface area contributed by atoms with Crippen LogP contribution in [0.4, 0.5) is 18.0 Å². The second-order valence-corrected chi connectivity index (χ2v) is 7.17. The largest absolute Gasteiger partial charge is 0.391 e. The van der Waals surface area contributed by atoms with Crippen LogP contribution in [0.5, 0.6) is 0 Å². The van der Waals surface area contributed by atoms with E-state index < -0.39 is 18.1 Å². The number of carbonyl (C=O) groups excluding carboxylic acids is 1. The fraction of sp³-hybridized carbons (Fsp3) is 0.579. The zero-order valence-corrected chi connectivity index (χ0v) is 15.6. The summed E-state index contributed by atoms with van der Waals surface area (Å²) in [6.45, 7) is 3.03. The summed E-state index contributed by atoms with van der Waals surface area (Å²) in [5.74, 6) is -0.570. The molecule has 1 heterocycles. The molecule has 0 aliphatic heterocycles. The quantitative estimate of drug-likeness (QED) is 0.856. The molecule has 3 rings (SSSR count). The number of alkyl halides is 3. The number of benzene rings is 1. The fourth-order valence-corrected chi connectivity index (χ4v) is 3.79. The number of aromatic nitrogens is 2. The van der Waals surface area contributed by atoms with E-state index in [1.165, 1.54) is 4.90 Å². The van der Waals surface area contributed by atoms with Crippen molar-refractivity contribution in [2.24, 2.45) is 5.92 Å². The number of amides is 2. The average Bonchev–Trinajstić information content (AvgIpc) is 2.98. The van der Waals surface area contributed by atoms with Gasteiger partial charge in [-0.1, -0.05) is 18.6 Å². The number of para-hydroxylation sites is 2. The Kier molecular flexibility index (Phi) is 5.62. The molecule has 8 heteroatoms. The molecular formula is C19H25F3N4O. The van der Waals surface area contributed by atoms with Gasteiger partial charge in [-0.05, 0) is 38.3 Å². The van der Waals surface area contributed by atoms with Crippen molar-refractivity contribution in [3.8, 4) is 0 Å². The lowest BCUT2D eigenvalue weighted by molar-refractivity contribution is -0.183. The summed E-state index contributed by atoms with van der Waals surface area (Å²) >= 11 is 0. The maximum atomic E-state index is 12.9. The molecule has 0 bridgehead atoms. The van der Waals surface area contributed by atoms with E-state index in [0.29, 0.717) is 19.4 Å². The molecule has 1 aliphatic rings. The van der Waals surface area contributed by atoms with Crippen LogP contribution >= 0.6 is 0 Å². The maximum Gasteiger partial charge on any atom is 0.391 e. The predicted molar refractivity (Wildman–Crippen MR) is 97.2 cm³/mol. The number of nitrogens with one attached hydrogen (secondary N) is 1. The average molecular weight is 382 g/mol. The van der Waals surface area contributed by atoms with Gasteiger partial charge in [-0.3, -0.25) is 0 Å². The van der Waals surface area contributed by atoms with Crippen molar-refractivity contribution >= 4 is 17.1 Å². The van der Waals surface area contributed by atoms with Gasteiger partial charge in [-0.15, -0.1) is 0 Å². The zero-order chi connectivity index (χ0) is 19.6. The monoisotopic (exact) mass is 382 g/mol. The van der Waals surface area contributed by atoms with Crippen LogP contribution in [-0.4, -0.2) is 39.7 Å². The number of fused-ring (bicyclic) bond motifs is 1.